The largest absolute Gasteiger partial charge is 0.309 e. The number of benzene rings is 12. The molecule has 0 saturated carbocycles. The van der Waals surface area contributed by atoms with E-state index in [0.717, 1.165) is 66.7 Å². The second kappa shape index (κ2) is 17.1. The monoisotopic (exact) mass is 979 g/mol. The van der Waals surface area contributed by atoms with Crippen molar-refractivity contribution in [3.05, 3.63) is 273 Å². The van der Waals surface area contributed by atoms with Crippen molar-refractivity contribution < 1.29 is 0 Å². The summed E-state index contributed by atoms with van der Waals surface area (Å²) in [7, 11) is 0. The Morgan fingerprint density at radius 3 is 1.19 bits per heavy atom. The number of aromatic nitrogens is 5. The molecule has 16 rings (SSSR count). The lowest BCUT2D eigenvalue weighted by Gasteiger charge is -2.14. The van der Waals surface area contributed by atoms with Crippen molar-refractivity contribution in [2.75, 3.05) is 0 Å². The van der Waals surface area contributed by atoms with Crippen LogP contribution in [0.3, 0.4) is 0 Å². The van der Waals surface area contributed by atoms with Crippen LogP contribution < -0.4 is 0 Å². The van der Waals surface area contributed by atoms with Crippen LogP contribution in [0.4, 0.5) is 0 Å². The molecule has 0 unspecified atom stereocenters. The number of fused-ring (bicyclic) bond motifs is 12. The van der Waals surface area contributed by atoms with Crippen LogP contribution in [-0.4, -0.2) is 23.7 Å². The van der Waals surface area contributed by atoms with Crippen molar-refractivity contribution in [3.8, 4) is 62.1 Å². The highest BCUT2D eigenvalue weighted by molar-refractivity contribution is 6.29. The first kappa shape index (κ1) is 43.1. The maximum absolute atomic E-state index is 5.46. The Balaban J connectivity index is 0.907. The van der Waals surface area contributed by atoms with Gasteiger partial charge in [0.1, 0.15) is 0 Å². The van der Waals surface area contributed by atoms with Gasteiger partial charge in [0.2, 0.25) is 5.95 Å². The van der Waals surface area contributed by atoms with Gasteiger partial charge >= 0.3 is 0 Å². The summed E-state index contributed by atoms with van der Waals surface area (Å²) in [5.74, 6) is 0.624. The summed E-state index contributed by atoms with van der Waals surface area (Å²) >= 11 is 0. The highest BCUT2D eigenvalue weighted by Crippen LogP contribution is 2.44. The molecule has 0 atom stereocenters. The molecule has 0 amide bonds. The minimum Gasteiger partial charge on any atom is -0.309 e. The third kappa shape index (κ3) is 6.88. The molecule has 5 heteroatoms. The molecule has 0 N–H and O–H groups in total. The molecule has 0 aliphatic rings. The number of para-hydroxylation sites is 3. The maximum atomic E-state index is 5.46. The van der Waals surface area contributed by atoms with Gasteiger partial charge in [0.15, 0.2) is 0 Å². The first-order chi connectivity index (χ1) is 38.2. The van der Waals surface area contributed by atoms with Gasteiger partial charge in [-0.1, -0.05) is 188 Å². The Morgan fingerprint density at radius 1 is 0.221 bits per heavy atom. The molecule has 12 aromatic carbocycles. The van der Waals surface area contributed by atoms with Gasteiger partial charge < -0.3 is 9.13 Å². The summed E-state index contributed by atoms with van der Waals surface area (Å²) in [5.41, 5.74) is 17.5. The molecule has 4 aromatic heterocycles. The summed E-state index contributed by atoms with van der Waals surface area (Å²) in [4.78, 5) is 10.9. The number of hydrogen-bond donors (Lipinski definition) is 0. The standard InChI is InChI=1S/C72H45N5/c1-3-17-46(18-4-1)54-41-55(47-19-5-2-6-20-47)43-57(42-54)76-66-30-16-13-27-60(66)71-69(76)38-37-68-70(71)59-26-12-15-29-65(59)75(68)56-35-36-67-61(44-56)58-25-11-14-28-64(58)77(67)72-73-62(52-33-31-48-21-7-9-23-50(48)39-52)45-63(74-72)53-34-32-49-22-8-10-24-51(49)40-53/h1-45H. The van der Waals surface area contributed by atoms with Crippen LogP contribution in [0.1, 0.15) is 0 Å². The van der Waals surface area contributed by atoms with E-state index in [1.165, 1.54) is 76.4 Å². The summed E-state index contributed by atoms with van der Waals surface area (Å²) in [6, 6.07) is 98.9. The third-order valence-corrected chi connectivity index (χ3v) is 15.8. The van der Waals surface area contributed by atoms with Gasteiger partial charge in [-0.2, -0.15) is 0 Å². The van der Waals surface area contributed by atoms with Crippen molar-refractivity contribution in [1.82, 2.24) is 23.7 Å². The van der Waals surface area contributed by atoms with E-state index in [4.69, 9.17) is 9.97 Å². The smallest absolute Gasteiger partial charge is 0.235 e. The van der Waals surface area contributed by atoms with E-state index in [1.54, 1.807) is 0 Å². The van der Waals surface area contributed by atoms with Gasteiger partial charge in [-0.05, 0) is 129 Å². The summed E-state index contributed by atoms with van der Waals surface area (Å²) in [6.45, 7) is 0. The molecule has 0 radical (unpaired) electrons. The topological polar surface area (TPSA) is 40.6 Å². The first-order valence-electron chi connectivity index (χ1n) is 26.3. The molecule has 77 heavy (non-hydrogen) atoms. The average Bonchev–Trinajstić information content (AvgIpc) is 4.36. The molecule has 0 aliphatic heterocycles. The predicted molar refractivity (Wildman–Crippen MR) is 322 cm³/mol. The number of rotatable bonds is 7. The van der Waals surface area contributed by atoms with Crippen molar-refractivity contribution in [3.63, 3.8) is 0 Å². The average molecular weight is 980 g/mol. The van der Waals surface area contributed by atoms with E-state index in [0.29, 0.717) is 5.95 Å². The second-order valence-electron chi connectivity index (χ2n) is 20.2. The van der Waals surface area contributed by atoms with Crippen molar-refractivity contribution in [1.29, 1.82) is 0 Å². The molecule has 4 heterocycles. The van der Waals surface area contributed by atoms with E-state index < -0.39 is 0 Å². The van der Waals surface area contributed by atoms with Crippen molar-refractivity contribution >= 4 is 87.0 Å². The molecule has 0 spiro atoms. The minimum absolute atomic E-state index is 0.624. The molecule has 358 valence electrons. The SMILES string of the molecule is c1ccc(-c2cc(-c3ccccc3)cc(-n3c4ccccc4c4c5c6ccccc6n(-c6ccc7c(c6)c6ccccc6n7-c6nc(-c7ccc8ccccc8c7)cc(-c7ccc8ccccc8c7)n6)c5ccc43)c2)cc1. The van der Waals surface area contributed by atoms with Crippen LogP contribution >= 0.6 is 0 Å². The Kier molecular flexibility index (Phi) is 9.57. The summed E-state index contributed by atoms with van der Waals surface area (Å²) < 4.78 is 7.18. The number of hydrogen-bond acceptors (Lipinski definition) is 2. The Labute approximate surface area is 443 Å². The van der Waals surface area contributed by atoms with Crippen LogP contribution in [0, 0.1) is 0 Å². The van der Waals surface area contributed by atoms with Crippen LogP contribution in [0.2, 0.25) is 0 Å². The molecule has 5 nitrogen and oxygen atoms in total. The second-order valence-corrected chi connectivity index (χ2v) is 20.2. The molecular formula is C72H45N5. The van der Waals surface area contributed by atoms with Crippen molar-refractivity contribution in [2.24, 2.45) is 0 Å². The Morgan fingerprint density at radius 2 is 0.649 bits per heavy atom. The normalized spacial score (nSPS) is 11.9. The quantitative estimate of drug-likeness (QED) is 0.160. The lowest BCUT2D eigenvalue weighted by molar-refractivity contribution is 0.995. The molecule has 0 saturated heterocycles. The van der Waals surface area contributed by atoms with E-state index in [1.807, 2.05) is 0 Å². The van der Waals surface area contributed by atoms with Gasteiger partial charge in [-0.3, -0.25) is 4.57 Å². The fourth-order valence-electron chi connectivity index (χ4n) is 12.3. The van der Waals surface area contributed by atoms with Crippen LogP contribution in [0.15, 0.2) is 273 Å². The van der Waals surface area contributed by atoms with Crippen LogP contribution in [0.5, 0.6) is 0 Å². The lowest BCUT2D eigenvalue weighted by Crippen LogP contribution is -2.04. The third-order valence-electron chi connectivity index (χ3n) is 15.8. The fourth-order valence-corrected chi connectivity index (χ4v) is 12.3. The van der Waals surface area contributed by atoms with Gasteiger partial charge in [0.05, 0.1) is 44.5 Å². The lowest BCUT2D eigenvalue weighted by atomic mass is 9.98. The van der Waals surface area contributed by atoms with E-state index in [9.17, 15) is 0 Å². The molecule has 0 bridgehead atoms. The highest BCUT2D eigenvalue weighted by atomic mass is 15.2. The van der Waals surface area contributed by atoms with E-state index in [2.05, 4.69) is 287 Å². The highest BCUT2D eigenvalue weighted by Gasteiger charge is 2.23. The Hall–Kier alpha value is -10.4. The van der Waals surface area contributed by atoms with Gasteiger partial charge in [-0.25, -0.2) is 9.97 Å². The maximum Gasteiger partial charge on any atom is 0.235 e. The first-order valence-corrected chi connectivity index (χ1v) is 26.3. The molecule has 0 aliphatic carbocycles. The van der Waals surface area contributed by atoms with Gasteiger partial charge in [-0.15, -0.1) is 0 Å². The zero-order chi connectivity index (χ0) is 50.6. The summed E-state index contributed by atoms with van der Waals surface area (Å²) in [6.07, 6.45) is 0. The van der Waals surface area contributed by atoms with Gasteiger partial charge in [0, 0.05) is 54.8 Å². The zero-order valence-electron chi connectivity index (χ0n) is 41.7. The minimum atomic E-state index is 0.624. The predicted octanol–water partition coefficient (Wildman–Crippen LogP) is 18.7. The van der Waals surface area contributed by atoms with Crippen LogP contribution in [-0.2, 0) is 0 Å². The molecular weight excluding hydrogens is 935 g/mol. The molecule has 16 aromatic rings. The van der Waals surface area contributed by atoms with E-state index >= 15 is 0 Å². The summed E-state index contributed by atoms with van der Waals surface area (Å²) in [5, 5.41) is 11.9. The Bertz CT molecular complexity index is 4890. The zero-order valence-corrected chi connectivity index (χ0v) is 41.7. The molecule has 0 fully saturated rings. The van der Waals surface area contributed by atoms with Crippen molar-refractivity contribution in [2.45, 2.75) is 0 Å². The fraction of sp³-hybridized carbons (Fsp3) is 0. The van der Waals surface area contributed by atoms with Gasteiger partial charge in [0.25, 0.3) is 0 Å². The number of nitrogens with zero attached hydrogens (tertiary/aromatic N) is 5. The van der Waals surface area contributed by atoms with E-state index in [-0.39, 0.29) is 0 Å². The van der Waals surface area contributed by atoms with Crippen LogP contribution in [0.25, 0.3) is 149 Å².